The molecule has 1 N–H and O–H groups in total. The first-order chi connectivity index (χ1) is 14.2. The molecule has 30 heavy (non-hydrogen) atoms. The molecule has 0 bridgehead atoms. The molecule has 1 aliphatic heterocycles. The van der Waals surface area contributed by atoms with Gasteiger partial charge < -0.3 is 14.5 Å². The van der Waals surface area contributed by atoms with Crippen molar-refractivity contribution in [1.29, 1.82) is 0 Å². The fraction of sp³-hybridized carbons (Fsp3) is 0.263. The Labute approximate surface area is 174 Å². The van der Waals surface area contributed by atoms with E-state index in [1.54, 1.807) is 23.1 Å². The number of carbonyl (C=O) groups excluding carboxylic acids is 1. The lowest BCUT2D eigenvalue weighted by atomic mass is 10.2. The van der Waals surface area contributed by atoms with Crippen molar-refractivity contribution in [1.82, 2.24) is 10.2 Å². The van der Waals surface area contributed by atoms with Crippen molar-refractivity contribution in [2.24, 2.45) is 0 Å². The zero-order valence-corrected chi connectivity index (χ0v) is 16.5. The van der Waals surface area contributed by atoms with Gasteiger partial charge in [-0.05, 0) is 30.4 Å². The normalized spacial score (nSPS) is 13.9. The standard InChI is InChI=1S/C19H16F5N3O2S/c1-29-11-4-2-3-10(9-11)18(28)25-19(30)27-7-5-26(6-8-27)17-15(23)13(21)12(20)14(22)16(17)24/h2-4,9H,5-8H2,1H3,(H,25,28,30). The molecule has 5 nitrogen and oxygen atoms in total. The third-order valence-electron chi connectivity index (χ3n) is 4.62. The van der Waals surface area contributed by atoms with Crippen molar-refractivity contribution >= 4 is 28.9 Å². The minimum atomic E-state index is -2.20. The van der Waals surface area contributed by atoms with Crippen LogP contribution in [0.5, 0.6) is 5.75 Å². The summed E-state index contributed by atoms with van der Waals surface area (Å²) in [5.41, 5.74) is -0.658. The number of nitrogens with zero attached hydrogens (tertiary/aromatic N) is 2. The van der Waals surface area contributed by atoms with Crippen molar-refractivity contribution < 1.29 is 31.5 Å². The molecule has 0 spiro atoms. The number of piperazine rings is 1. The van der Waals surface area contributed by atoms with Crippen LogP contribution in [0, 0.1) is 29.1 Å². The number of ether oxygens (including phenoxy) is 1. The number of hydrogen-bond donors (Lipinski definition) is 1. The van der Waals surface area contributed by atoms with Crippen molar-refractivity contribution in [3.05, 3.63) is 58.9 Å². The Kier molecular flexibility index (Phi) is 6.40. The molecule has 2 aromatic rings. The number of amides is 1. The smallest absolute Gasteiger partial charge is 0.257 e. The van der Waals surface area contributed by atoms with Crippen LogP contribution in [0.15, 0.2) is 24.3 Å². The third-order valence-corrected chi connectivity index (χ3v) is 4.98. The van der Waals surface area contributed by atoms with Crippen LogP contribution in [0.25, 0.3) is 0 Å². The fourth-order valence-corrected chi connectivity index (χ4v) is 3.29. The first-order valence-electron chi connectivity index (χ1n) is 8.75. The van der Waals surface area contributed by atoms with E-state index in [2.05, 4.69) is 5.32 Å². The summed E-state index contributed by atoms with van der Waals surface area (Å²) in [6, 6.07) is 6.41. The Morgan fingerprint density at radius 2 is 1.53 bits per heavy atom. The van der Waals surface area contributed by atoms with E-state index in [0.29, 0.717) is 11.3 Å². The minimum absolute atomic E-state index is 0.0620. The summed E-state index contributed by atoms with van der Waals surface area (Å²) in [7, 11) is 1.46. The number of halogens is 5. The Bertz CT molecular complexity index is 967. The monoisotopic (exact) mass is 445 g/mol. The summed E-state index contributed by atoms with van der Waals surface area (Å²) in [6.45, 7) is 0.0917. The van der Waals surface area contributed by atoms with E-state index in [4.69, 9.17) is 17.0 Å². The van der Waals surface area contributed by atoms with Crippen LogP contribution in [-0.2, 0) is 0 Å². The van der Waals surface area contributed by atoms with Gasteiger partial charge in [0.15, 0.2) is 28.4 Å². The highest BCUT2D eigenvalue weighted by Gasteiger charge is 2.31. The number of thiocarbonyl (C=S) groups is 1. The molecule has 2 aromatic carbocycles. The molecule has 0 radical (unpaired) electrons. The topological polar surface area (TPSA) is 44.8 Å². The summed E-state index contributed by atoms with van der Waals surface area (Å²) in [6.07, 6.45) is 0. The lowest BCUT2D eigenvalue weighted by molar-refractivity contribution is 0.0972. The molecule has 0 atom stereocenters. The Morgan fingerprint density at radius 3 is 2.10 bits per heavy atom. The first kappa shape index (κ1) is 21.8. The van der Waals surface area contributed by atoms with E-state index in [0.717, 1.165) is 4.90 Å². The van der Waals surface area contributed by atoms with Gasteiger partial charge in [0, 0.05) is 31.7 Å². The van der Waals surface area contributed by atoms with Crippen molar-refractivity contribution in [2.75, 3.05) is 38.2 Å². The maximum atomic E-state index is 14.0. The average Bonchev–Trinajstić information content (AvgIpc) is 2.76. The number of anilines is 1. The molecule has 0 unspecified atom stereocenters. The third kappa shape index (κ3) is 4.16. The van der Waals surface area contributed by atoms with Crippen LogP contribution < -0.4 is 15.0 Å². The van der Waals surface area contributed by atoms with E-state index in [1.165, 1.54) is 13.2 Å². The van der Waals surface area contributed by atoms with Gasteiger partial charge >= 0.3 is 0 Å². The fourth-order valence-electron chi connectivity index (χ4n) is 3.02. The second-order valence-corrected chi connectivity index (χ2v) is 6.77. The first-order valence-corrected chi connectivity index (χ1v) is 9.16. The summed E-state index contributed by atoms with van der Waals surface area (Å²) < 4.78 is 73.2. The number of benzene rings is 2. The van der Waals surface area contributed by atoms with Crippen LogP contribution in [0.4, 0.5) is 27.6 Å². The highest BCUT2D eigenvalue weighted by Crippen LogP contribution is 2.30. The number of nitrogens with one attached hydrogen (secondary N) is 1. The van der Waals surface area contributed by atoms with Gasteiger partial charge in [0.2, 0.25) is 5.82 Å². The Morgan fingerprint density at radius 1 is 0.967 bits per heavy atom. The number of rotatable bonds is 3. The van der Waals surface area contributed by atoms with E-state index in [9.17, 15) is 26.7 Å². The molecule has 1 heterocycles. The molecule has 1 fully saturated rings. The molecule has 11 heteroatoms. The summed E-state index contributed by atoms with van der Waals surface area (Å²) in [5.74, 6) is -9.93. The van der Waals surface area contributed by atoms with Crippen LogP contribution in [-0.4, -0.2) is 49.2 Å². The van der Waals surface area contributed by atoms with Gasteiger partial charge in [-0.3, -0.25) is 10.1 Å². The van der Waals surface area contributed by atoms with Gasteiger partial charge in [0.25, 0.3) is 5.91 Å². The predicted octanol–water partition coefficient (Wildman–Crippen LogP) is 3.23. The molecule has 1 saturated heterocycles. The molecule has 0 saturated carbocycles. The lowest BCUT2D eigenvalue weighted by Crippen LogP contribution is -2.53. The second-order valence-electron chi connectivity index (χ2n) is 6.38. The highest BCUT2D eigenvalue weighted by molar-refractivity contribution is 7.80. The van der Waals surface area contributed by atoms with Gasteiger partial charge in [-0.15, -0.1) is 0 Å². The van der Waals surface area contributed by atoms with Gasteiger partial charge in [-0.1, -0.05) is 6.07 Å². The van der Waals surface area contributed by atoms with Gasteiger partial charge in [-0.25, -0.2) is 22.0 Å². The Balaban J connectivity index is 1.66. The molecular formula is C19H16F5N3O2S. The van der Waals surface area contributed by atoms with E-state index in [1.807, 2.05) is 0 Å². The molecule has 0 aromatic heterocycles. The summed E-state index contributed by atoms with van der Waals surface area (Å²) in [5, 5.41) is 2.63. The highest BCUT2D eigenvalue weighted by atomic mass is 32.1. The molecule has 1 aliphatic rings. The minimum Gasteiger partial charge on any atom is -0.497 e. The SMILES string of the molecule is COc1cccc(C(=O)NC(=S)N2CCN(c3c(F)c(F)c(F)c(F)c3F)CC2)c1. The summed E-state index contributed by atoms with van der Waals surface area (Å²) in [4.78, 5) is 15.0. The van der Waals surface area contributed by atoms with Gasteiger partial charge in [0.1, 0.15) is 11.4 Å². The van der Waals surface area contributed by atoms with Crippen molar-refractivity contribution in [2.45, 2.75) is 0 Å². The van der Waals surface area contributed by atoms with Crippen LogP contribution in [0.2, 0.25) is 0 Å². The molecule has 3 rings (SSSR count). The van der Waals surface area contributed by atoms with Crippen LogP contribution >= 0.6 is 12.2 Å². The van der Waals surface area contributed by atoms with Crippen molar-refractivity contribution in [3.8, 4) is 5.75 Å². The molecule has 1 amide bonds. The predicted molar refractivity (Wildman–Crippen MR) is 103 cm³/mol. The lowest BCUT2D eigenvalue weighted by Gasteiger charge is -2.37. The van der Waals surface area contributed by atoms with E-state index < -0.39 is 40.7 Å². The number of hydrogen-bond acceptors (Lipinski definition) is 4. The van der Waals surface area contributed by atoms with E-state index in [-0.39, 0.29) is 31.3 Å². The van der Waals surface area contributed by atoms with E-state index >= 15 is 0 Å². The molecule has 160 valence electrons. The van der Waals surface area contributed by atoms with Gasteiger partial charge in [0.05, 0.1) is 7.11 Å². The molecule has 0 aliphatic carbocycles. The molecular weight excluding hydrogens is 429 g/mol. The maximum absolute atomic E-state index is 14.0. The zero-order valence-electron chi connectivity index (χ0n) is 15.6. The van der Waals surface area contributed by atoms with Gasteiger partial charge in [-0.2, -0.15) is 0 Å². The second kappa shape index (κ2) is 8.82. The number of methoxy groups -OCH3 is 1. The van der Waals surface area contributed by atoms with Crippen molar-refractivity contribution in [3.63, 3.8) is 0 Å². The average molecular weight is 445 g/mol. The number of carbonyl (C=O) groups is 1. The quantitative estimate of drug-likeness (QED) is 0.340. The maximum Gasteiger partial charge on any atom is 0.257 e. The summed E-state index contributed by atoms with van der Waals surface area (Å²) >= 11 is 5.20. The largest absolute Gasteiger partial charge is 0.497 e. The zero-order chi connectivity index (χ0) is 22.0. The van der Waals surface area contributed by atoms with Crippen LogP contribution in [0.1, 0.15) is 10.4 Å². The Hall–Kier alpha value is -2.95. The van der Waals surface area contributed by atoms with Crippen LogP contribution in [0.3, 0.4) is 0 Å².